The molecule has 0 unspecified atom stereocenters. The molecule has 0 radical (unpaired) electrons. The first-order valence-corrected chi connectivity index (χ1v) is 3.94. The predicted octanol–water partition coefficient (Wildman–Crippen LogP) is 1.48. The van der Waals surface area contributed by atoms with Gasteiger partial charge < -0.3 is 9.47 Å². The Labute approximate surface area is 85.8 Å². The average molecular weight is 208 g/mol. The smallest absolute Gasteiger partial charge is 0.312 e. The largest absolute Gasteiger partial charge is 0.495 e. The third-order valence-corrected chi connectivity index (χ3v) is 1.82. The van der Waals surface area contributed by atoms with Gasteiger partial charge in [-0.25, -0.2) is 0 Å². The van der Waals surface area contributed by atoms with Crippen LogP contribution >= 0.6 is 0 Å². The molecule has 0 fully saturated rings. The summed E-state index contributed by atoms with van der Waals surface area (Å²) in [4.78, 5) is 10.0. The first-order valence-electron chi connectivity index (χ1n) is 3.94. The number of rotatable bonds is 3. The quantitative estimate of drug-likeness (QED) is 0.554. The summed E-state index contributed by atoms with van der Waals surface area (Å²) in [6, 6.07) is 4.25. The lowest BCUT2D eigenvalue weighted by atomic mass is 10.2. The SMILES string of the molecule is COc1cc(OC)c([N+](=O)[O-])cc1C#N. The normalized spacial score (nSPS) is 9.13. The maximum atomic E-state index is 10.6. The van der Waals surface area contributed by atoms with Crippen molar-refractivity contribution in [2.75, 3.05) is 14.2 Å². The van der Waals surface area contributed by atoms with Crippen LogP contribution in [-0.4, -0.2) is 19.1 Å². The maximum Gasteiger partial charge on any atom is 0.312 e. The lowest BCUT2D eigenvalue weighted by Crippen LogP contribution is -1.97. The summed E-state index contributed by atoms with van der Waals surface area (Å²) in [6.07, 6.45) is 0. The minimum atomic E-state index is -0.612. The van der Waals surface area contributed by atoms with E-state index >= 15 is 0 Å². The lowest BCUT2D eigenvalue weighted by molar-refractivity contribution is -0.385. The van der Waals surface area contributed by atoms with Gasteiger partial charge in [0.1, 0.15) is 17.4 Å². The monoisotopic (exact) mass is 208 g/mol. The van der Waals surface area contributed by atoms with E-state index in [1.54, 1.807) is 0 Å². The molecule has 1 aromatic carbocycles. The highest BCUT2D eigenvalue weighted by atomic mass is 16.6. The fourth-order valence-electron chi connectivity index (χ4n) is 1.11. The molecule has 0 aliphatic carbocycles. The summed E-state index contributed by atoms with van der Waals surface area (Å²) in [5.74, 6) is 0.316. The van der Waals surface area contributed by atoms with Gasteiger partial charge in [0.15, 0.2) is 0 Å². The van der Waals surface area contributed by atoms with Crippen LogP contribution < -0.4 is 9.47 Å². The van der Waals surface area contributed by atoms with Crippen LogP contribution in [0.15, 0.2) is 12.1 Å². The first-order chi connectivity index (χ1) is 7.13. The predicted molar refractivity (Wildman–Crippen MR) is 50.9 cm³/mol. The number of nitrogens with zero attached hydrogens (tertiary/aromatic N) is 2. The van der Waals surface area contributed by atoms with Gasteiger partial charge in [0, 0.05) is 12.1 Å². The minimum Gasteiger partial charge on any atom is -0.495 e. The van der Waals surface area contributed by atoms with Crippen molar-refractivity contribution in [1.82, 2.24) is 0 Å². The van der Waals surface area contributed by atoms with E-state index in [1.807, 2.05) is 6.07 Å². The summed E-state index contributed by atoms with van der Waals surface area (Å²) >= 11 is 0. The molecule has 0 saturated heterocycles. The Morgan fingerprint density at radius 1 is 1.33 bits per heavy atom. The van der Waals surface area contributed by atoms with E-state index in [0.29, 0.717) is 0 Å². The standard InChI is InChI=1S/C9H8N2O4/c1-14-8-4-9(15-2)7(11(12)13)3-6(8)5-10/h3-4H,1-2H3. The molecule has 0 N–H and O–H groups in total. The van der Waals surface area contributed by atoms with E-state index < -0.39 is 4.92 Å². The molecule has 1 rings (SSSR count). The van der Waals surface area contributed by atoms with Crippen molar-refractivity contribution in [2.45, 2.75) is 0 Å². The maximum absolute atomic E-state index is 10.6. The molecule has 0 amide bonds. The lowest BCUT2D eigenvalue weighted by Gasteiger charge is -2.06. The molecule has 0 aliphatic rings. The highest BCUT2D eigenvalue weighted by Gasteiger charge is 2.19. The van der Waals surface area contributed by atoms with Crippen LogP contribution in [0.4, 0.5) is 5.69 Å². The van der Waals surface area contributed by atoms with Crippen molar-refractivity contribution < 1.29 is 14.4 Å². The zero-order valence-corrected chi connectivity index (χ0v) is 8.18. The van der Waals surface area contributed by atoms with Gasteiger partial charge in [-0.3, -0.25) is 10.1 Å². The Balaban J connectivity index is 3.42. The molecule has 0 spiro atoms. The Morgan fingerprint density at radius 2 is 1.93 bits per heavy atom. The van der Waals surface area contributed by atoms with Crippen molar-refractivity contribution >= 4 is 5.69 Å². The molecule has 6 nitrogen and oxygen atoms in total. The Kier molecular flexibility index (Phi) is 3.08. The second-order valence-corrected chi connectivity index (χ2v) is 2.59. The highest BCUT2D eigenvalue weighted by Crippen LogP contribution is 2.33. The minimum absolute atomic E-state index is 0.0656. The zero-order valence-electron chi connectivity index (χ0n) is 8.18. The number of methoxy groups -OCH3 is 2. The van der Waals surface area contributed by atoms with E-state index in [1.165, 1.54) is 20.3 Å². The number of ether oxygens (including phenoxy) is 2. The van der Waals surface area contributed by atoms with E-state index in [-0.39, 0.29) is 22.7 Å². The first kappa shape index (κ1) is 10.8. The van der Waals surface area contributed by atoms with E-state index in [0.717, 1.165) is 6.07 Å². The molecule has 0 heterocycles. The van der Waals surface area contributed by atoms with Gasteiger partial charge in [-0.2, -0.15) is 5.26 Å². The molecule has 0 saturated carbocycles. The number of nitriles is 1. The number of hydrogen-bond donors (Lipinski definition) is 0. The fourth-order valence-corrected chi connectivity index (χ4v) is 1.11. The Hall–Kier alpha value is -2.29. The molecule has 15 heavy (non-hydrogen) atoms. The van der Waals surface area contributed by atoms with Gasteiger partial charge in [0.25, 0.3) is 0 Å². The summed E-state index contributed by atoms with van der Waals surface area (Å²) < 4.78 is 9.71. The van der Waals surface area contributed by atoms with E-state index in [9.17, 15) is 10.1 Å². The highest BCUT2D eigenvalue weighted by molar-refractivity contribution is 5.58. The molecule has 6 heteroatoms. The molecule has 0 aliphatic heterocycles. The van der Waals surface area contributed by atoms with Crippen LogP contribution in [0, 0.1) is 21.4 Å². The van der Waals surface area contributed by atoms with E-state index in [2.05, 4.69) is 0 Å². The van der Waals surface area contributed by atoms with Crippen LogP contribution in [0.5, 0.6) is 11.5 Å². The molecule has 0 aromatic heterocycles. The number of hydrogen-bond acceptors (Lipinski definition) is 5. The van der Waals surface area contributed by atoms with Crippen LogP contribution in [0.3, 0.4) is 0 Å². The number of benzene rings is 1. The summed E-state index contributed by atoms with van der Waals surface area (Å²) in [7, 11) is 2.69. The van der Waals surface area contributed by atoms with Crippen molar-refractivity contribution in [2.24, 2.45) is 0 Å². The Bertz CT molecular complexity index is 436. The van der Waals surface area contributed by atoms with Crippen LogP contribution in [0.2, 0.25) is 0 Å². The molecule has 1 aromatic rings. The van der Waals surface area contributed by atoms with Crippen LogP contribution in [0.1, 0.15) is 5.56 Å². The second kappa shape index (κ2) is 4.28. The van der Waals surface area contributed by atoms with Gasteiger partial charge in [0.05, 0.1) is 19.1 Å². The van der Waals surface area contributed by atoms with Gasteiger partial charge in [-0.1, -0.05) is 0 Å². The third kappa shape index (κ3) is 1.96. The zero-order chi connectivity index (χ0) is 11.4. The van der Waals surface area contributed by atoms with Crippen molar-refractivity contribution in [3.8, 4) is 17.6 Å². The topological polar surface area (TPSA) is 85.4 Å². The fraction of sp³-hybridized carbons (Fsp3) is 0.222. The number of nitro groups is 1. The summed E-state index contributed by atoms with van der Waals surface area (Å²) in [5, 5.41) is 19.3. The molecular weight excluding hydrogens is 200 g/mol. The van der Waals surface area contributed by atoms with Gasteiger partial charge in [0.2, 0.25) is 5.75 Å². The number of nitro benzene ring substituents is 1. The molecule has 0 bridgehead atoms. The second-order valence-electron chi connectivity index (χ2n) is 2.59. The molecule has 78 valence electrons. The van der Waals surface area contributed by atoms with Crippen molar-refractivity contribution in [3.63, 3.8) is 0 Å². The average Bonchev–Trinajstić information content (AvgIpc) is 2.26. The van der Waals surface area contributed by atoms with Gasteiger partial charge >= 0.3 is 5.69 Å². The van der Waals surface area contributed by atoms with E-state index in [4.69, 9.17) is 14.7 Å². The van der Waals surface area contributed by atoms with Crippen molar-refractivity contribution in [1.29, 1.82) is 5.26 Å². The van der Waals surface area contributed by atoms with Crippen LogP contribution in [0.25, 0.3) is 0 Å². The summed E-state index contributed by atoms with van der Waals surface area (Å²) in [5.41, 5.74) is -0.153. The van der Waals surface area contributed by atoms with Crippen molar-refractivity contribution in [3.05, 3.63) is 27.8 Å². The molecule has 0 atom stereocenters. The summed E-state index contributed by atoms with van der Waals surface area (Å²) in [6.45, 7) is 0. The third-order valence-electron chi connectivity index (χ3n) is 1.82. The molecular formula is C9H8N2O4. The Morgan fingerprint density at radius 3 is 2.33 bits per heavy atom. The van der Waals surface area contributed by atoms with Crippen LogP contribution in [-0.2, 0) is 0 Å². The van der Waals surface area contributed by atoms with Gasteiger partial charge in [-0.15, -0.1) is 0 Å². The van der Waals surface area contributed by atoms with Gasteiger partial charge in [-0.05, 0) is 0 Å².